The van der Waals surface area contributed by atoms with Crippen LogP contribution in [0, 0.1) is 0 Å². The number of fused-ring (bicyclic) bond motifs is 2. The van der Waals surface area contributed by atoms with Crippen molar-refractivity contribution in [1.82, 2.24) is 24.3 Å². The second-order valence-electron chi connectivity index (χ2n) is 8.17. The molecule has 0 radical (unpaired) electrons. The van der Waals surface area contributed by atoms with Gasteiger partial charge in [-0.1, -0.05) is 0 Å². The third-order valence-corrected chi connectivity index (χ3v) is 6.26. The first-order valence-electron chi connectivity index (χ1n) is 10.3. The van der Waals surface area contributed by atoms with Crippen LogP contribution in [0.2, 0.25) is 0 Å². The highest BCUT2D eigenvalue weighted by Gasteiger charge is 2.31. The van der Waals surface area contributed by atoms with Gasteiger partial charge >= 0.3 is 0 Å². The predicted molar refractivity (Wildman–Crippen MR) is 116 cm³/mol. The van der Waals surface area contributed by atoms with Crippen LogP contribution < -0.4 is 10.1 Å². The van der Waals surface area contributed by atoms with Crippen molar-refractivity contribution in [2.24, 2.45) is 0 Å². The SMILES string of the molecule is COc1nc(N[C@H]2CC[C@@](C)(OC)CC2)nc2[nH]cc(-c3ccc4nccn4c3)c12. The van der Waals surface area contributed by atoms with Gasteiger partial charge < -0.3 is 24.2 Å². The molecule has 8 nitrogen and oxygen atoms in total. The highest BCUT2D eigenvalue weighted by atomic mass is 16.5. The molecule has 156 valence electrons. The molecular formula is C22H26N6O2. The van der Waals surface area contributed by atoms with Gasteiger partial charge in [-0.15, -0.1) is 0 Å². The molecule has 0 amide bonds. The fraction of sp³-hybridized carbons (Fsp3) is 0.409. The maximum Gasteiger partial charge on any atom is 0.228 e. The van der Waals surface area contributed by atoms with Gasteiger partial charge in [-0.05, 0) is 44.7 Å². The fourth-order valence-electron chi connectivity index (χ4n) is 4.28. The van der Waals surface area contributed by atoms with Crippen molar-refractivity contribution < 1.29 is 9.47 Å². The molecule has 4 heterocycles. The van der Waals surface area contributed by atoms with Crippen molar-refractivity contribution in [3.05, 3.63) is 36.9 Å². The van der Waals surface area contributed by atoms with E-state index in [9.17, 15) is 0 Å². The number of aromatic nitrogens is 5. The van der Waals surface area contributed by atoms with Crippen LogP contribution in [0.15, 0.2) is 36.9 Å². The van der Waals surface area contributed by atoms with E-state index in [1.165, 1.54) is 0 Å². The number of rotatable bonds is 5. The van der Waals surface area contributed by atoms with E-state index >= 15 is 0 Å². The minimum Gasteiger partial charge on any atom is -0.480 e. The lowest BCUT2D eigenvalue weighted by Gasteiger charge is -2.36. The molecule has 8 heteroatoms. The monoisotopic (exact) mass is 406 g/mol. The summed E-state index contributed by atoms with van der Waals surface area (Å²) < 4.78 is 13.3. The number of ether oxygens (including phenoxy) is 2. The van der Waals surface area contributed by atoms with Crippen LogP contribution in [0.3, 0.4) is 0 Å². The van der Waals surface area contributed by atoms with Gasteiger partial charge in [-0.2, -0.15) is 9.97 Å². The Hall–Kier alpha value is -3.13. The molecule has 2 N–H and O–H groups in total. The lowest BCUT2D eigenvalue weighted by Crippen LogP contribution is -2.37. The summed E-state index contributed by atoms with van der Waals surface area (Å²) in [6.45, 7) is 2.18. The second-order valence-corrected chi connectivity index (χ2v) is 8.17. The van der Waals surface area contributed by atoms with E-state index in [0.29, 0.717) is 17.9 Å². The topological polar surface area (TPSA) is 89.4 Å². The Balaban J connectivity index is 1.46. The summed E-state index contributed by atoms with van der Waals surface area (Å²) in [6.07, 6.45) is 11.8. The lowest BCUT2D eigenvalue weighted by molar-refractivity contribution is -0.0253. The number of hydrogen-bond donors (Lipinski definition) is 2. The third-order valence-electron chi connectivity index (χ3n) is 6.26. The van der Waals surface area contributed by atoms with Gasteiger partial charge in [0, 0.05) is 49.1 Å². The maximum atomic E-state index is 5.65. The first-order valence-corrected chi connectivity index (χ1v) is 10.3. The largest absolute Gasteiger partial charge is 0.480 e. The Morgan fingerprint density at radius 3 is 2.80 bits per heavy atom. The van der Waals surface area contributed by atoms with Crippen LogP contribution in [0.5, 0.6) is 5.88 Å². The number of nitrogens with one attached hydrogen (secondary N) is 2. The van der Waals surface area contributed by atoms with Crippen LogP contribution in [0.25, 0.3) is 27.8 Å². The average Bonchev–Trinajstić information content (AvgIpc) is 3.41. The summed E-state index contributed by atoms with van der Waals surface area (Å²) in [6, 6.07) is 4.37. The van der Waals surface area contributed by atoms with Crippen molar-refractivity contribution in [1.29, 1.82) is 0 Å². The Morgan fingerprint density at radius 2 is 2.03 bits per heavy atom. The number of pyridine rings is 1. The number of aromatic amines is 1. The van der Waals surface area contributed by atoms with E-state index in [-0.39, 0.29) is 5.60 Å². The van der Waals surface area contributed by atoms with Crippen molar-refractivity contribution >= 4 is 22.6 Å². The minimum atomic E-state index is -0.0224. The summed E-state index contributed by atoms with van der Waals surface area (Å²) in [7, 11) is 3.44. The van der Waals surface area contributed by atoms with Crippen molar-refractivity contribution in [3.8, 4) is 17.0 Å². The molecule has 1 aliphatic carbocycles. The fourth-order valence-corrected chi connectivity index (χ4v) is 4.28. The number of hydrogen-bond acceptors (Lipinski definition) is 6. The molecule has 0 spiro atoms. The highest BCUT2D eigenvalue weighted by Crippen LogP contribution is 2.35. The third kappa shape index (κ3) is 3.27. The van der Waals surface area contributed by atoms with E-state index in [1.807, 2.05) is 35.1 Å². The molecule has 30 heavy (non-hydrogen) atoms. The Kier molecular flexibility index (Phi) is 4.58. The Bertz CT molecular complexity index is 1190. The van der Waals surface area contributed by atoms with Gasteiger partial charge in [-0.3, -0.25) is 0 Å². The number of imidazole rings is 1. The van der Waals surface area contributed by atoms with Crippen molar-refractivity contribution in [3.63, 3.8) is 0 Å². The summed E-state index contributed by atoms with van der Waals surface area (Å²) >= 11 is 0. The average molecular weight is 406 g/mol. The molecule has 4 aromatic rings. The van der Waals surface area contributed by atoms with Crippen LogP contribution in [0.1, 0.15) is 32.6 Å². The molecule has 0 aliphatic heterocycles. The quantitative estimate of drug-likeness (QED) is 0.520. The zero-order chi connectivity index (χ0) is 20.7. The standard InChI is InChI=1S/C22H26N6O2/c1-22(30-3)8-6-15(7-9-22)25-21-26-19-18(20(27-21)29-2)16(12-24-19)14-4-5-17-23-10-11-28(17)13-14/h4-5,10-13,15H,6-9H2,1-3H3,(H2,24,25,26,27)/t15-,22+. The zero-order valence-corrected chi connectivity index (χ0v) is 17.5. The van der Waals surface area contributed by atoms with Gasteiger partial charge in [0.1, 0.15) is 11.3 Å². The Morgan fingerprint density at radius 1 is 1.20 bits per heavy atom. The van der Waals surface area contributed by atoms with E-state index in [4.69, 9.17) is 14.5 Å². The van der Waals surface area contributed by atoms with E-state index < -0.39 is 0 Å². The minimum absolute atomic E-state index is 0.0224. The first kappa shape index (κ1) is 18.9. The van der Waals surface area contributed by atoms with Crippen molar-refractivity contribution in [2.45, 2.75) is 44.2 Å². The van der Waals surface area contributed by atoms with Gasteiger partial charge in [0.15, 0.2) is 0 Å². The van der Waals surface area contributed by atoms with E-state index in [2.05, 4.69) is 27.2 Å². The van der Waals surface area contributed by atoms with Crippen LogP contribution >= 0.6 is 0 Å². The summed E-state index contributed by atoms with van der Waals surface area (Å²) in [5.41, 5.74) is 3.68. The normalized spacial score (nSPS) is 21.9. The number of nitrogens with zero attached hydrogens (tertiary/aromatic N) is 4. The smallest absolute Gasteiger partial charge is 0.228 e. The maximum absolute atomic E-state index is 5.65. The molecule has 0 aromatic carbocycles. The molecule has 0 unspecified atom stereocenters. The molecular weight excluding hydrogens is 380 g/mol. The molecule has 1 fully saturated rings. The molecule has 0 atom stereocenters. The molecule has 4 aromatic heterocycles. The van der Waals surface area contributed by atoms with Gasteiger partial charge in [-0.25, -0.2) is 4.98 Å². The second kappa shape index (κ2) is 7.28. The van der Waals surface area contributed by atoms with Crippen LogP contribution in [0.4, 0.5) is 5.95 Å². The Labute approximate surface area is 174 Å². The van der Waals surface area contributed by atoms with E-state index in [1.54, 1.807) is 20.4 Å². The predicted octanol–water partition coefficient (Wildman–Crippen LogP) is 4.04. The van der Waals surface area contributed by atoms with Crippen LogP contribution in [-0.4, -0.2) is 50.2 Å². The van der Waals surface area contributed by atoms with Gasteiger partial charge in [0.05, 0.1) is 18.1 Å². The number of H-pyrrole nitrogens is 1. The number of anilines is 1. The van der Waals surface area contributed by atoms with Gasteiger partial charge in [0.25, 0.3) is 0 Å². The lowest BCUT2D eigenvalue weighted by atomic mass is 9.83. The highest BCUT2D eigenvalue weighted by molar-refractivity contribution is 5.97. The first-order chi connectivity index (χ1) is 14.6. The molecule has 1 saturated carbocycles. The summed E-state index contributed by atoms with van der Waals surface area (Å²) in [5, 5.41) is 4.36. The number of methoxy groups -OCH3 is 2. The molecule has 5 rings (SSSR count). The van der Waals surface area contributed by atoms with Gasteiger partial charge in [0.2, 0.25) is 11.8 Å². The molecule has 0 saturated heterocycles. The molecule has 0 bridgehead atoms. The summed E-state index contributed by atoms with van der Waals surface area (Å²) in [4.78, 5) is 17.0. The summed E-state index contributed by atoms with van der Waals surface area (Å²) in [5.74, 6) is 1.14. The van der Waals surface area contributed by atoms with Crippen LogP contribution in [-0.2, 0) is 4.74 Å². The molecule has 1 aliphatic rings. The van der Waals surface area contributed by atoms with Crippen molar-refractivity contribution in [2.75, 3.05) is 19.5 Å². The van der Waals surface area contributed by atoms with E-state index in [0.717, 1.165) is 53.5 Å². The zero-order valence-electron chi connectivity index (χ0n) is 17.5.